The lowest BCUT2D eigenvalue weighted by molar-refractivity contribution is -0.119. The van der Waals surface area contributed by atoms with Gasteiger partial charge in [-0.05, 0) is 43.7 Å². The van der Waals surface area contributed by atoms with E-state index in [4.69, 9.17) is 9.47 Å². The predicted octanol–water partition coefficient (Wildman–Crippen LogP) is 3.12. The Morgan fingerprint density at radius 3 is 2.23 bits per heavy atom. The number of carbonyl (C=O) groups is 3. The van der Waals surface area contributed by atoms with Gasteiger partial charge < -0.3 is 14.8 Å². The van der Waals surface area contributed by atoms with Gasteiger partial charge in [0.05, 0.1) is 30.9 Å². The van der Waals surface area contributed by atoms with Crippen LogP contribution in [0.3, 0.4) is 0 Å². The molecule has 0 aliphatic rings. The smallest absolute Gasteiger partial charge is 0.337 e. The maximum Gasteiger partial charge on any atom is 0.337 e. The Bertz CT molecular complexity index is 1500. The highest BCUT2D eigenvalue weighted by atomic mass is 16.5. The maximum absolute atomic E-state index is 13.5. The molecular weight excluding hydrogens is 452 g/mol. The van der Waals surface area contributed by atoms with Gasteiger partial charge in [0.25, 0.3) is 5.56 Å². The molecule has 0 saturated heterocycles. The normalized spacial score (nSPS) is 11.9. The minimum absolute atomic E-state index is 0.0907. The number of anilines is 1. The van der Waals surface area contributed by atoms with Crippen molar-refractivity contribution in [1.82, 2.24) is 14.2 Å². The van der Waals surface area contributed by atoms with Gasteiger partial charge in [-0.3, -0.25) is 14.3 Å². The SMILES string of the molecule is CC[C@H](C(=O)Nc1cc(C(=O)OC)cc(C(=O)OC)c1)n1c2ccccc2c2nc(=O)cc(C)n21. The summed E-state index contributed by atoms with van der Waals surface area (Å²) in [4.78, 5) is 54.1. The number of hydrogen-bond donors (Lipinski definition) is 1. The standard InChI is InChI=1S/C25H24N4O6/c1-5-19(23(31)26-17-12-15(24(32)34-3)11-16(13-17)25(33)35-4)29-20-9-7-6-8-18(20)22-27-21(30)10-14(2)28(22)29/h6-13,19H,5H2,1-4H3,(H,26,31)/t19-/m1/s1. The molecule has 10 nitrogen and oxygen atoms in total. The quantitative estimate of drug-likeness (QED) is 0.425. The molecule has 0 aliphatic carbocycles. The zero-order valence-corrected chi connectivity index (χ0v) is 19.7. The molecule has 4 aromatic rings. The number of ether oxygens (including phenoxy) is 2. The Morgan fingerprint density at radius 1 is 1.00 bits per heavy atom. The van der Waals surface area contributed by atoms with Gasteiger partial charge in [-0.25, -0.2) is 14.1 Å². The minimum Gasteiger partial charge on any atom is -0.465 e. The molecule has 1 amide bonds. The molecule has 1 atom stereocenters. The van der Waals surface area contributed by atoms with E-state index in [0.717, 1.165) is 10.9 Å². The summed E-state index contributed by atoms with van der Waals surface area (Å²) in [6, 6.07) is 12.3. The van der Waals surface area contributed by atoms with Crippen molar-refractivity contribution in [2.45, 2.75) is 26.3 Å². The van der Waals surface area contributed by atoms with E-state index >= 15 is 0 Å². The number of amides is 1. The van der Waals surface area contributed by atoms with Crippen molar-refractivity contribution >= 4 is 40.1 Å². The van der Waals surface area contributed by atoms with Crippen LogP contribution in [0, 0.1) is 6.92 Å². The van der Waals surface area contributed by atoms with Crippen LogP contribution in [0.1, 0.15) is 45.8 Å². The van der Waals surface area contributed by atoms with E-state index < -0.39 is 18.0 Å². The average Bonchev–Trinajstić information content (AvgIpc) is 3.17. The number of nitrogens with one attached hydrogen (secondary N) is 1. The van der Waals surface area contributed by atoms with Crippen LogP contribution in [0.15, 0.2) is 53.3 Å². The molecule has 4 rings (SSSR count). The highest BCUT2D eigenvalue weighted by Gasteiger charge is 2.25. The topological polar surface area (TPSA) is 121 Å². The van der Waals surface area contributed by atoms with Crippen LogP contribution < -0.4 is 10.9 Å². The summed E-state index contributed by atoms with van der Waals surface area (Å²) in [5.41, 5.74) is 1.87. The molecule has 1 N–H and O–H groups in total. The Labute approximate surface area is 200 Å². The van der Waals surface area contributed by atoms with Crippen molar-refractivity contribution in [2.75, 3.05) is 19.5 Å². The summed E-state index contributed by atoms with van der Waals surface area (Å²) in [6.45, 7) is 3.64. The number of methoxy groups -OCH3 is 2. The zero-order chi connectivity index (χ0) is 25.3. The maximum atomic E-state index is 13.5. The van der Waals surface area contributed by atoms with E-state index in [0.29, 0.717) is 17.8 Å². The monoisotopic (exact) mass is 476 g/mol. The molecule has 0 fully saturated rings. The molecule has 0 radical (unpaired) electrons. The van der Waals surface area contributed by atoms with E-state index in [2.05, 4.69) is 10.3 Å². The molecule has 0 saturated carbocycles. The highest BCUT2D eigenvalue weighted by Crippen LogP contribution is 2.28. The third kappa shape index (κ3) is 4.25. The molecule has 2 aromatic heterocycles. The first-order valence-corrected chi connectivity index (χ1v) is 10.9. The van der Waals surface area contributed by atoms with Gasteiger partial charge in [0, 0.05) is 22.8 Å². The fourth-order valence-electron chi connectivity index (χ4n) is 4.18. The zero-order valence-electron chi connectivity index (χ0n) is 19.7. The lowest BCUT2D eigenvalue weighted by atomic mass is 10.1. The number of benzene rings is 2. The van der Waals surface area contributed by atoms with Gasteiger partial charge in [0.1, 0.15) is 6.04 Å². The van der Waals surface area contributed by atoms with Crippen molar-refractivity contribution in [3.05, 3.63) is 75.7 Å². The summed E-state index contributed by atoms with van der Waals surface area (Å²) in [5, 5.41) is 3.55. The number of carbonyl (C=O) groups excluding carboxylic acids is 3. The Kier molecular flexibility index (Phi) is 6.37. The molecule has 0 aliphatic heterocycles. The number of nitrogens with zero attached hydrogens (tertiary/aromatic N) is 3. The van der Waals surface area contributed by atoms with Crippen molar-refractivity contribution in [3.63, 3.8) is 0 Å². The number of aromatic nitrogens is 3. The average molecular weight is 476 g/mol. The molecule has 2 heterocycles. The van der Waals surface area contributed by atoms with Gasteiger partial charge in [-0.1, -0.05) is 19.1 Å². The molecule has 2 aromatic carbocycles. The molecule has 0 spiro atoms. The van der Waals surface area contributed by atoms with Gasteiger partial charge in [0.2, 0.25) is 5.91 Å². The van der Waals surface area contributed by atoms with Crippen LogP contribution >= 0.6 is 0 Å². The number of hydrogen-bond acceptors (Lipinski definition) is 7. The summed E-state index contributed by atoms with van der Waals surface area (Å²) < 4.78 is 13.1. The number of para-hydroxylation sites is 1. The van der Waals surface area contributed by atoms with Crippen LogP contribution in [0.25, 0.3) is 16.6 Å². The van der Waals surface area contributed by atoms with Crippen LogP contribution in [-0.4, -0.2) is 46.2 Å². The van der Waals surface area contributed by atoms with Gasteiger partial charge in [-0.15, -0.1) is 0 Å². The summed E-state index contributed by atoms with van der Waals surface area (Å²) in [7, 11) is 2.45. The second-order valence-corrected chi connectivity index (χ2v) is 7.93. The van der Waals surface area contributed by atoms with Crippen LogP contribution in [0.2, 0.25) is 0 Å². The first kappa shape index (κ1) is 23.7. The first-order valence-electron chi connectivity index (χ1n) is 10.9. The third-order valence-electron chi connectivity index (χ3n) is 5.72. The molecule has 180 valence electrons. The molecule has 35 heavy (non-hydrogen) atoms. The number of esters is 2. The number of fused-ring (bicyclic) bond motifs is 3. The Morgan fingerprint density at radius 2 is 1.63 bits per heavy atom. The number of aryl methyl sites for hydroxylation is 1. The van der Waals surface area contributed by atoms with Crippen molar-refractivity contribution in [3.8, 4) is 0 Å². The van der Waals surface area contributed by atoms with Crippen LogP contribution in [0.5, 0.6) is 0 Å². The largest absolute Gasteiger partial charge is 0.465 e. The van der Waals surface area contributed by atoms with Gasteiger partial charge in [0.15, 0.2) is 5.65 Å². The van der Waals surface area contributed by atoms with Gasteiger partial charge in [-0.2, -0.15) is 4.98 Å². The second-order valence-electron chi connectivity index (χ2n) is 7.93. The van der Waals surface area contributed by atoms with E-state index in [1.165, 1.54) is 38.5 Å². The van der Waals surface area contributed by atoms with Crippen molar-refractivity contribution < 1.29 is 23.9 Å². The lowest BCUT2D eigenvalue weighted by Gasteiger charge is -2.21. The summed E-state index contributed by atoms with van der Waals surface area (Å²) >= 11 is 0. The van der Waals surface area contributed by atoms with Gasteiger partial charge >= 0.3 is 11.9 Å². The van der Waals surface area contributed by atoms with E-state index in [9.17, 15) is 19.2 Å². The van der Waals surface area contributed by atoms with E-state index in [1.54, 1.807) is 16.1 Å². The van der Waals surface area contributed by atoms with Crippen LogP contribution in [-0.2, 0) is 14.3 Å². The second kappa shape index (κ2) is 9.41. The fraction of sp³-hybridized carbons (Fsp3) is 0.240. The van der Waals surface area contributed by atoms with Crippen LogP contribution in [0.4, 0.5) is 5.69 Å². The van der Waals surface area contributed by atoms with E-state index in [-0.39, 0.29) is 28.3 Å². The van der Waals surface area contributed by atoms with Crippen molar-refractivity contribution in [2.24, 2.45) is 0 Å². The molecule has 0 unspecified atom stereocenters. The Balaban J connectivity index is 1.83. The van der Waals surface area contributed by atoms with E-state index in [1.807, 2.05) is 31.2 Å². The summed E-state index contributed by atoms with van der Waals surface area (Å²) in [5.74, 6) is -1.70. The minimum atomic E-state index is -0.705. The molecule has 0 bridgehead atoms. The third-order valence-corrected chi connectivity index (χ3v) is 5.72. The highest BCUT2D eigenvalue weighted by molar-refractivity contribution is 6.01. The first-order chi connectivity index (χ1) is 16.8. The molecular formula is C25H24N4O6. The fourth-order valence-corrected chi connectivity index (χ4v) is 4.18. The molecule has 10 heteroatoms. The van der Waals surface area contributed by atoms with Crippen molar-refractivity contribution in [1.29, 1.82) is 0 Å². The predicted molar refractivity (Wildman–Crippen MR) is 129 cm³/mol. The summed E-state index contributed by atoms with van der Waals surface area (Å²) in [6.07, 6.45) is 0.408. The Hall–Kier alpha value is -4.47. The lowest BCUT2D eigenvalue weighted by Crippen LogP contribution is -2.29. The number of rotatable bonds is 6.